The molecular formula is C16H22N2O5S. The fraction of sp³-hybridized carbons (Fsp3) is 0.500. The van der Waals surface area contributed by atoms with Crippen molar-refractivity contribution in [3.05, 3.63) is 29.8 Å². The van der Waals surface area contributed by atoms with Gasteiger partial charge in [0.05, 0.1) is 16.7 Å². The Morgan fingerprint density at radius 1 is 1.21 bits per heavy atom. The Morgan fingerprint density at radius 3 is 2.29 bits per heavy atom. The van der Waals surface area contributed by atoms with Gasteiger partial charge in [0, 0.05) is 20.6 Å². The van der Waals surface area contributed by atoms with Gasteiger partial charge in [0.1, 0.15) is 0 Å². The van der Waals surface area contributed by atoms with Crippen molar-refractivity contribution in [2.75, 3.05) is 14.1 Å². The first kappa shape index (κ1) is 18.4. The molecule has 2 rings (SSSR count). The first-order valence-electron chi connectivity index (χ1n) is 7.52. The van der Waals surface area contributed by atoms with Crippen LogP contribution in [0.15, 0.2) is 29.2 Å². The minimum absolute atomic E-state index is 0.0288. The van der Waals surface area contributed by atoms with Gasteiger partial charge >= 0.3 is 5.97 Å². The number of amides is 1. The largest absolute Gasteiger partial charge is 0.481 e. The van der Waals surface area contributed by atoms with Crippen LogP contribution in [-0.2, 0) is 26.2 Å². The molecule has 0 unspecified atom stereocenters. The third-order valence-electron chi connectivity index (χ3n) is 4.56. The maximum atomic E-state index is 12.3. The molecule has 132 valence electrons. The summed E-state index contributed by atoms with van der Waals surface area (Å²) in [5, 5.41) is 11.8. The van der Waals surface area contributed by atoms with E-state index < -0.39 is 33.2 Å². The van der Waals surface area contributed by atoms with Gasteiger partial charge in [-0.25, -0.2) is 12.7 Å². The summed E-state index contributed by atoms with van der Waals surface area (Å²) in [7, 11) is -0.740. The summed E-state index contributed by atoms with van der Waals surface area (Å²) in [6, 6.07) is 6.42. The Morgan fingerprint density at radius 2 is 1.79 bits per heavy atom. The van der Waals surface area contributed by atoms with E-state index in [0.717, 1.165) is 4.31 Å². The topological polar surface area (TPSA) is 104 Å². The fourth-order valence-electron chi connectivity index (χ4n) is 2.98. The van der Waals surface area contributed by atoms with Gasteiger partial charge in [-0.2, -0.15) is 0 Å². The molecular weight excluding hydrogens is 332 g/mol. The summed E-state index contributed by atoms with van der Waals surface area (Å²) in [5.41, 5.74) is -0.129. The van der Waals surface area contributed by atoms with Crippen LogP contribution in [0.2, 0.25) is 0 Å². The van der Waals surface area contributed by atoms with E-state index in [1.54, 1.807) is 32.0 Å². The Labute approximate surface area is 141 Å². The predicted octanol–water partition coefficient (Wildman–Crippen LogP) is 0.910. The second-order valence-electron chi connectivity index (χ2n) is 6.73. The number of sulfonamides is 1. The van der Waals surface area contributed by atoms with Gasteiger partial charge in [-0.3, -0.25) is 9.59 Å². The van der Waals surface area contributed by atoms with Crippen molar-refractivity contribution in [2.45, 2.75) is 25.3 Å². The fourth-order valence-corrected chi connectivity index (χ4v) is 4.09. The lowest BCUT2D eigenvalue weighted by Crippen LogP contribution is -2.29. The Kier molecular flexibility index (Phi) is 4.74. The zero-order valence-corrected chi connectivity index (χ0v) is 14.9. The third kappa shape index (κ3) is 3.16. The lowest BCUT2D eigenvalue weighted by molar-refractivity contribution is -0.140. The summed E-state index contributed by atoms with van der Waals surface area (Å²) < 4.78 is 25.8. The van der Waals surface area contributed by atoms with E-state index in [1.165, 1.54) is 20.2 Å². The van der Waals surface area contributed by atoms with Crippen molar-refractivity contribution >= 4 is 21.9 Å². The number of benzene rings is 1. The highest BCUT2D eigenvalue weighted by Crippen LogP contribution is 2.58. The maximum Gasteiger partial charge on any atom is 0.307 e. The Hall–Kier alpha value is -1.93. The van der Waals surface area contributed by atoms with Crippen molar-refractivity contribution in [3.8, 4) is 0 Å². The van der Waals surface area contributed by atoms with Crippen molar-refractivity contribution < 1.29 is 23.1 Å². The average molecular weight is 354 g/mol. The van der Waals surface area contributed by atoms with Gasteiger partial charge < -0.3 is 10.4 Å². The molecule has 0 spiro atoms. The number of rotatable bonds is 6. The van der Waals surface area contributed by atoms with Gasteiger partial charge in [0.2, 0.25) is 15.9 Å². The number of nitrogens with one attached hydrogen (secondary N) is 1. The highest BCUT2D eigenvalue weighted by Gasteiger charge is 2.65. The van der Waals surface area contributed by atoms with Gasteiger partial charge in [-0.15, -0.1) is 0 Å². The zero-order chi connectivity index (χ0) is 18.3. The van der Waals surface area contributed by atoms with Gasteiger partial charge in [0.15, 0.2) is 0 Å². The normalized spacial score (nSPS) is 22.2. The molecule has 1 aliphatic carbocycles. The van der Waals surface area contributed by atoms with Crippen molar-refractivity contribution in [3.63, 3.8) is 0 Å². The third-order valence-corrected chi connectivity index (χ3v) is 6.48. The van der Waals surface area contributed by atoms with E-state index in [9.17, 15) is 18.0 Å². The predicted molar refractivity (Wildman–Crippen MR) is 87.6 cm³/mol. The number of carbonyl (C=O) groups excluding carboxylic acids is 1. The quantitative estimate of drug-likeness (QED) is 0.790. The molecule has 24 heavy (non-hydrogen) atoms. The Balaban J connectivity index is 2.15. The van der Waals surface area contributed by atoms with Crippen LogP contribution in [0.4, 0.5) is 0 Å². The average Bonchev–Trinajstić information content (AvgIpc) is 3.08. The smallest absolute Gasteiger partial charge is 0.307 e. The number of hydrogen-bond donors (Lipinski definition) is 2. The second-order valence-corrected chi connectivity index (χ2v) is 8.85. The number of nitrogens with zero attached hydrogens (tertiary/aromatic N) is 1. The molecule has 0 bridgehead atoms. The monoisotopic (exact) mass is 354 g/mol. The summed E-state index contributed by atoms with van der Waals surface area (Å²) in [6.45, 7) is 3.50. The first-order valence-corrected chi connectivity index (χ1v) is 8.96. The summed E-state index contributed by atoms with van der Waals surface area (Å²) in [6.07, 6.45) is 0. The van der Waals surface area contributed by atoms with E-state index in [1.807, 2.05) is 0 Å². The molecule has 1 amide bonds. The number of carboxylic acid groups (broad SMARTS) is 1. The van der Waals surface area contributed by atoms with E-state index in [-0.39, 0.29) is 17.3 Å². The highest BCUT2D eigenvalue weighted by molar-refractivity contribution is 7.89. The van der Waals surface area contributed by atoms with Gasteiger partial charge in [0.25, 0.3) is 0 Å². The molecule has 0 aromatic heterocycles. The van der Waals surface area contributed by atoms with Crippen LogP contribution in [0.3, 0.4) is 0 Å². The molecule has 1 aromatic rings. The molecule has 1 fully saturated rings. The van der Waals surface area contributed by atoms with E-state index >= 15 is 0 Å². The molecule has 1 aliphatic rings. The summed E-state index contributed by atoms with van der Waals surface area (Å²) in [5.74, 6) is -2.67. The molecule has 0 radical (unpaired) electrons. The molecule has 1 aromatic carbocycles. The summed E-state index contributed by atoms with van der Waals surface area (Å²) in [4.78, 5) is 23.6. The Bertz CT molecular complexity index is 770. The lowest BCUT2D eigenvalue weighted by Gasteiger charge is -2.15. The number of hydrogen-bond acceptors (Lipinski definition) is 4. The molecule has 2 N–H and O–H groups in total. The van der Waals surface area contributed by atoms with Crippen molar-refractivity contribution in [1.29, 1.82) is 0 Å². The van der Waals surface area contributed by atoms with Crippen LogP contribution < -0.4 is 5.32 Å². The molecule has 0 saturated heterocycles. The number of carboxylic acids is 1. The van der Waals surface area contributed by atoms with Crippen LogP contribution in [0.5, 0.6) is 0 Å². The highest BCUT2D eigenvalue weighted by atomic mass is 32.2. The SMILES string of the molecule is CN(C)S(=O)(=O)c1ccccc1CNC(=O)[C@@H]1[C@H](C(=O)O)C1(C)C. The van der Waals surface area contributed by atoms with Gasteiger partial charge in [-0.05, 0) is 17.0 Å². The van der Waals surface area contributed by atoms with E-state index in [2.05, 4.69) is 5.32 Å². The van der Waals surface area contributed by atoms with Gasteiger partial charge in [-0.1, -0.05) is 32.0 Å². The zero-order valence-electron chi connectivity index (χ0n) is 14.1. The molecule has 2 atom stereocenters. The number of carbonyl (C=O) groups is 2. The molecule has 1 saturated carbocycles. The second kappa shape index (κ2) is 6.18. The van der Waals surface area contributed by atoms with Crippen molar-refractivity contribution in [2.24, 2.45) is 17.3 Å². The van der Waals surface area contributed by atoms with E-state index in [0.29, 0.717) is 5.56 Å². The minimum Gasteiger partial charge on any atom is -0.481 e. The standard InChI is InChI=1S/C16H22N2O5S/c1-16(2)12(13(16)15(20)21)14(19)17-9-10-7-5-6-8-11(10)24(22,23)18(3)4/h5-8,12-13H,9H2,1-4H3,(H,17,19)(H,20,21)/t12-,13+/m0/s1. The van der Waals surface area contributed by atoms with Crippen LogP contribution in [0, 0.1) is 17.3 Å². The van der Waals surface area contributed by atoms with Crippen LogP contribution in [0.25, 0.3) is 0 Å². The van der Waals surface area contributed by atoms with Crippen LogP contribution in [-0.4, -0.2) is 43.8 Å². The minimum atomic E-state index is -3.62. The maximum absolute atomic E-state index is 12.3. The summed E-state index contributed by atoms with van der Waals surface area (Å²) >= 11 is 0. The molecule has 0 heterocycles. The molecule has 8 heteroatoms. The lowest BCUT2D eigenvalue weighted by atomic mass is 10.1. The van der Waals surface area contributed by atoms with Crippen molar-refractivity contribution in [1.82, 2.24) is 9.62 Å². The first-order chi connectivity index (χ1) is 11.0. The number of aliphatic carboxylic acids is 1. The van der Waals surface area contributed by atoms with E-state index in [4.69, 9.17) is 5.11 Å². The molecule has 0 aliphatic heterocycles. The molecule has 7 nitrogen and oxygen atoms in total. The van der Waals surface area contributed by atoms with Crippen LogP contribution >= 0.6 is 0 Å². The van der Waals surface area contributed by atoms with Crippen LogP contribution in [0.1, 0.15) is 19.4 Å².